The van der Waals surface area contributed by atoms with E-state index in [2.05, 4.69) is 10.5 Å². The number of nitrogens with one attached hydrogen (secondary N) is 1. The Labute approximate surface area is 118 Å². The van der Waals surface area contributed by atoms with Crippen LogP contribution in [0.15, 0.2) is 71.9 Å². The molecule has 2 aromatic rings. The van der Waals surface area contributed by atoms with Crippen molar-refractivity contribution >= 4 is 12.1 Å². The molecule has 3 heteroatoms. The predicted octanol–water partition coefficient (Wildman–Crippen LogP) is 3.65. The third-order valence-electron chi connectivity index (χ3n) is 2.77. The summed E-state index contributed by atoms with van der Waals surface area (Å²) in [5, 5.41) is 3.81. The van der Waals surface area contributed by atoms with Crippen molar-refractivity contribution in [1.82, 2.24) is 5.43 Å². The van der Waals surface area contributed by atoms with Gasteiger partial charge in [-0.15, -0.1) is 0 Å². The molecule has 0 aliphatic heterocycles. The molecule has 0 saturated carbocycles. The number of rotatable bonds is 4. The number of benzene rings is 2. The van der Waals surface area contributed by atoms with Crippen molar-refractivity contribution in [1.29, 1.82) is 0 Å². The van der Waals surface area contributed by atoms with Gasteiger partial charge >= 0.3 is 0 Å². The van der Waals surface area contributed by atoms with Crippen LogP contribution < -0.4 is 5.43 Å². The highest BCUT2D eigenvalue weighted by Gasteiger charge is 2.04. The molecule has 0 atom stereocenters. The van der Waals surface area contributed by atoms with Crippen LogP contribution in [0.3, 0.4) is 0 Å². The van der Waals surface area contributed by atoms with Gasteiger partial charge < -0.3 is 0 Å². The maximum absolute atomic E-state index is 11.8. The standard InChI is InChI=1S/C17H16N2O/c1-2-3-13-18-19-17(20)16-11-9-15(10-12-16)14-7-5-4-6-8-14/h2-13H,1H3,(H,19,20). The zero-order chi connectivity index (χ0) is 14.2. The fourth-order valence-electron chi connectivity index (χ4n) is 1.73. The van der Waals surface area contributed by atoms with E-state index >= 15 is 0 Å². The van der Waals surface area contributed by atoms with Crippen molar-refractivity contribution in [2.45, 2.75) is 6.92 Å². The van der Waals surface area contributed by atoms with Gasteiger partial charge in [-0.1, -0.05) is 48.5 Å². The molecule has 0 bridgehead atoms. The average molecular weight is 264 g/mol. The van der Waals surface area contributed by atoms with Gasteiger partial charge in [0.05, 0.1) is 0 Å². The van der Waals surface area contributed by atoms with Crippen LogP contribution >= 0.6 is 0 Å². The Morgan fingerprint density at radius 2 is 1.65 bits per heavy atom. The third-order valence-corrected chi connectivity index (χ3v) is 2.77. The molecule has 0 aromatic heterocycles. The Morgan fingerprint density at radius 3 is 2.30 bits per heavy atom. The number of hydrazone groups is 1. The number of amides is 1. The van der Waals surface area contributed by atoms with Crippen molar-refractivity contribution in [3.63, 3.8) is 0 Å². The molecule has 0 unspecified atom stereocenters. The molecule has 0 spiro atoms. The van der Waals surface area contributed by atoms with E-state index in [1.807, 2.05) is 55.5 Å². The highest BCUT2D eigenvalue weighted by Crippen LogP contribution is 2.19. The fourth-order valence-corrected chi connectivity index (χ4v) is 1.73. The molecular weight excluding hydrogens is 248 g/mol. The van der Waals surface area contributed by atoms with Gasteiger partial charge in [-0.25, -0.2) is 5.43 Å². The number of hydrogen-bond acceptors (Lipinski definition) is 2. The molecule has 2 rings (SSSR count). The number of nitrogens with zero attached hydrogens (tertiary/aromatic N) is 1. The first-order chi connectivity index (χ1) is 9.81. The first-order valence-electron chi connectivity index (χ1n) is 6.41. The van der Waals surface area contributed by atoms with Crippen molar-refractivity contribution in [2.75, 3.05) is 0 Å². The lowest BCUT2D eigenvalue weighted by Gasteiger charge is -2.03. The van der Waals surface area contributed by atoms with Gasteiger partial charge in [-0.2, -0.15) is 5.10 Å². The van der Waals surface area contributed by atoms with Gasteiger partial charge in [0.2, 0.25) is 0 Å². The zero-order valence-electron chi connectivity index (χ0n) is 11.3. The summed E-state index contributed by atoms with van der Waals surface area (Å²) in [5.41, 5.74) is 5.27. The van der Waals surface area contributed by atoms with E-state index in [9.17, 15) is 4.79 Å². The van der Waals surface area contributed by atoms with Crippen LogP contribution in [0.2, 0.25) is 0 Å². The van der Waals surface area contributed by atoms with Crippen LogP contribution in [0.4, 0.5) is 0 Å². The molecular formula is C17H16N2O. The van der Waals surface area contributed by atoms with Crippen molar-refractivity contribution in [3.05, 3.63) is 72.3 Å². The summed E-state index contributed by atoms with van der Waals surface area (Å²) < 4.78 is 0. The summed E-state index contributed by atoms with van der Waals surface area (Å²) in [6, 6.07) is 17.5. The van der Waals surface area contributed by atoms with Gasteiger partial charge in [-0.05, 0) is 36.3 Å². The Morgan fingerprint density at radius 1 is 1.00 bits per heavy atom. The van der Waals surface area contributed by atoms with Crippen LogP contribution in [0.5, 0.6) is 0 Å². The van der Waals surface area contributed by atoms with Crippen LogP contribution in [-0.4, -0.2) is 12.1 Å². The van der Waals surface area contributed by atoms with E-state index in [0.717, 1.165) is 11.1 Å². The smallest absolute Gasteiger partial charge is 0.267 e. The van der Waals surface area contributed by atoms with E-state index < -0.39 is 0 Å². The lowest BCUT2D eigenvalue weighted by Crippen LogP contribution is -2.17. The minimum Gasteiger partial charge on any atom is -0.267 e. The summed E-state index contributed by atoms with van der Waals surface area (Å²) in [5.74, 6) is -0.217. The van der Waals surface area contributed by atoms with Crippen molar-refractivity contribution in [2.24, 2.45) is 5.10 Å². The summed E-state index contributed by atoms with van der Waals surface area (Å²) >= 11 is 0. The van der Waals surface area contributed by atoms with Crippen LogP contribution in [-0.2, 0) is 0 Å². The average Bonchev–Trinajstić information content (AvgIpc) is 2.52. The summed E-state index contributed by atoms with van der Waals surface area (Å²) in [4.78, 5) is 11.8. The molecule has 0 heterocycles. The molecule has 20 heavy (non-hydrogen) atoms. The molecule has 2 aromatic carbocycles. The molecule has 0 aliphatic carbocycles. The normalized spacial score (nSPS) is 11.1. The lowest BCUT2D eigenvalue weighted by atomic mass is 10.0. The number of allylic oxidation sites excluding steroid dienone is 2. The molecule has 0 fully saturated rings. The monoisotopic (exact) mass is 264 g/mol. The maximum Gasteiger partial charge on any atom is 0.271 e. The third kappa shape index (κ3) is 3.65. The summed E-state index contributed by atoms with van der Waals surface area (Å²) in [7, 11) is 0. The first-order valence-corrected chi connectivity index (χ1v) is 6.41. The topological polar surface area (TPSA) is 41.5 Å². The van der Waals surface area contributed by atoms with Gasteiger partial charge in [0.25, 0.3) is 5.91 Å². The zero-order valence-corrected chi connectivity index (χ0v) is 11.3. The quantitative estimate of drug-likeness (QED) is 0.664. The molecule has 0 aliphatic rings. The Kier molecular flexibility index (Phi) is 4.84. The molecule has 100 valence electrons. The number of carbonyl (C=O) groups is 1. The van der Waals surface area contributed by atoms with Crippen LogP contribution in [0, 0.1) is 0 Å². The van der Waals surface area contributed by atoms with Gasteiger partial charge in [0, 0.05) is 11.8 Å². The highest BCUT2D eigenvalue weighted by atomic mass is 16.2. The second kappa shape index (κ2) is 7.04. The van der Waals surface area contributed by atoms with Crippen LogP contribution in [0.25, 0.3) is 11.1 Å². The SMILES string of the molecule is CC=CC=NNC(=O)c1ccc(-c2ccccc2)cc1. The second-order valence-electron chi connectivity index (χ2n) is 4.19. The van der Waals surface area contributed by atoms with E-state index in [1.165, 1.54) is 6.21 Å². The molecule has 0 saturated heterocycles. The van der Waals surface area contributed by atoms with E-state index in [1.54, 1.807) is 18.2 Å². The predicted molar refractivity (Wildman–Crippen MR) is 82.7 cm³/mol. The largest absolute Gasteiger partial charge is 0.271 e. The molecule has 1 N–H and O–H groups in total. The molecule has 0 radical (unpaired) electrons. The number of hydrogen-bond donors (Lipinski definition) is 1. The van der Waals surface area contributed by atoms with Crippen molar-refractivity contribution < 1.29 is 4.79 Å². The Hall–Kier alpha value is -2.68. The Bertz CT molecular complexity index is 613. The molecule has 3 nitrogen and oxygen atoms in total. The van der Waals surface area contributed by atoms with Gasteiger partial charge in [0.15, 0.2) is 0 Å². The fraction of sp³-hybridized carbons (Fsp3) is 0.0588. The number of carbonyl (C=O) groups excluding carboxylic acids is 1. The lowest BCUT2D eigenvalue weighted by molar-refractivity contribution is 0.0955. The minimum absolute atomic E-state index is 0.217. The maximum atomic E-state index is 11.8. The summed E-state index contributed by atoms with van der Waals surface area (Å²) in [6.07, 6.45) is 5.12. The first kappa shape index (κ1) is 13.7. The van der Waals surface area contributed by atoms with E-state index in [0.29, 0.717) is 5.56 Å². The summed E-state index contributed by atoms with van der Waals surface area (Å²) in [6.45, 7) is 1.89. The minimum atomic E-state index is -0.217. The van der Waals surface area contributed by atoms with E-state index in [4.69, 9.17) is 0 Å². The van der Waals surface area contributed by atoms with E-state index in [-0.39, 0.29) is 5.91 Å². The van der Waals surface area contributed by atoms with Gasteiger partial charge in [-0.3, -0.25) is 4.79 Å². The second-order valence-corrected chi connectivity index (χ2v) is 4.19. The van der Waals surface area contributed by atoms with Crippen molar-refractivity contribution in [3.8, 4) is 11.1 Å². The van der Waals surface area contributed by atoms with Crippen LogP contribution in [0.1, 0.15) is 17.3 Å². The Balaban J connectivity index is 2.07. The highest BCUT2D eigenvalue weighted by molar-refractivity contribution is 5.95. The molecule has 1 amide bonds. The van der Waals surface area contributed by atoms with Gasteiger partial charge in [0.1, 0.15) is 0 Å².